The first-order valence-corrected chi connectivity index (χ1v) is 12.9. The number of rotatable bonds is 14. The molecular weight excluding hydrogens is 440 g/mol. The van der Waals surface area contributed by atoms with Crippen LogP contribution in [0, 0.1) is 11.8 Å². The van der Waals surface area contributed by atoms with E-state index in [2.05, 4.69) is 22.5 Å². The lowest BCUT2D eigenvalue weighted by Crippen LogP contribution is -2.43. The van der Waals surface area contributed by atoms with Gasteiger partial charge in [-0.2, -0.15) is 0 Å². The molecule has 7 nitrogen and oxygen atoms in total. The van der Waals surface area contributed by atoms with E-state index in [1.807, 2.05) is 24.1 Å². The Morgan fingerprint density at radius 2 is 1.97 bits per heavy atom. The highest BCUT2D eigenvalue weighted by Gasteiger charge is 2.23. The van der Waals surface area contributed by atoms with Crippen molar-refractivity contribution in [3.05, 3.63) is 34.9 Å². The first-order valence-electron chi connectivity index (χ1n) is 12.9. The number of nitrogens with one attached hydrogen (secondary N) is 2. The highest BCUT2D eigenvalue weighted by Crippen LogP contribution is 2.19. The van der Waals surface area contributed by atoms with E-state index in [0.29, 0.717) is 37.0 Å². The number of nitrogens with two attached hydrogens (primary N) is 1. The van der Waals surface area contributed by atoms with Crippen LogP contribution in [0.5, 0.6) is 0 Å². The average molecular weight is 483 g/mol. The third-order valence-corrected chi connectivity index (χ3v) is 6.79. The molecule has 1 aliphatic carbocycles. The first kappa shape index (κ1) is 28.7. The predicted molar refractivity (Wildman–Crippen MR) is 140 cm³/mol. The Labute approximate surface area is 210 Å². The summed E-state index contributed by atoms with van der Waals surface area (Å²) >= 11 is 0. The van der Waals surface area contributed by atoms with Crippen molar-refractivity contribution >= 4 is 18.5 Å². The van der Waals surface area contributed by atoms with Gasteiger partial charge < -0.3 is 21.2 Å². The molecule has 1 unspecified atom stereocenters. The maximum Gasteiger partial charge on any atom is 0.237 e. The zero-order valence-electron chi connectivity index (χ0n) is 21.4. The summed E-state index contributed by atoms with van der Waals surface area (Å²) < 4.78 is 0. The Morgan fingerprint density at radius 1 is 1.20 bits per heavy atom. The normalized spacial score (nSPS) is 18.4. The lowest BCUT2D eigenvalue weighted by molar-refractivity contribution is -0.126. The largest absolute Gasteiger partial charge is 0.358 e. The highest BCUT2D eigenvalue weighted by atomic mass is 16.2. The minimum atomic E-state index is -0.454. The number of amides is 1. The Balaban J connectivity index is 1.88. The second-order valence-electron chi connectivity index (χ2n) is 9.46. The molecule has 0 spiro atoms. The number of benzene rings is 1. The molecule has 1 amide bonds. The second-order valence-corrected chi connectivity index (χ2v) is 9.46. The number of hydrogen-bond acceptors (Lipinski definition) is 6. The third kappa shape index (κ3) is 9.93. The Bertz CT molecular complexity index is 869. The monoisotopic (exact) mass is 482 g/mol. The fourth-order valence-electron chi connectivity index (χ4n) is 4.61. The van der Waals surface area contributed by atoms with Gasteiger partial charge in [0.1, 0.15) is 12.6 Å². The molecule has 4 N–H and O–H groups in total. The molecule has 1 aromatic rings. The lowest BCUT2D eigenvalue weighted by atomic mass is 9.92. The molecule has 0 radical (unpaired) electrons. The molecular formula is C28H42N4O3. The van der Waals surface area contributed by atoms with Gasteiger partial charge >= 0.3 is 0 Å². The summed E-state index contributed by atoms with van der Waals surface area (Å²) in [6.07, 6.45) is 11.1. The fourth-order valence-corrected chi connectivity index (χ4v) is 4.61. The Hall–Kier alpha value is -2.53. The van der Waals surface area contributed by atoms with E-state index >= 15 is 0 Å². The second kappa shape index (κ2) is 16.2. The molecule has 192 valence electrons. The van der Waals surface area contributed by atoms with Gasteiger partial charge in [-0.3, -0.25) is 14.5 Å². The summed E-state index contributed by atoms with van der Waals surface area (Å²) in [6.45, 7) is 1.44. The van der Waals surface area contributed by atoms with E-state index in [0.717, 1.165) is 68.8 Å². The Kier molecular flexibility index (Phi) is 13.3. The highest BCUT2D eigenvalue weighted by molar-refractivity contribution is 5.82. The lowest BCUT2D eigenvalue weighted by Gasteiger charge is -2.27. The summed E-state index contributed by atoms with van der Waals surface area (Å²) in [5.74, 6) is 6.36. The minimum absolute atomic E-state index is 0.146. The fraction of sp³-hybridized carbons (Fsp3) is 0.607. The van der Waals surface area contributed by atoms with Gasteiger partial charge in [0.15, 0.2) is 0 Å². The van der Waals surface area contributed by atoms with Crippen molar-refractivity contribution in [2.75, 3.05) is 20.6 Å². The van der Waals surface area contributed by atoms with E-state index in [-0.39, 0.29) is 5.91 Å². The van der Waals surface area contributed by atoms with Crippen molar-refractivity contribution in [2.24, 2.45) is 5.73 Å². The zero-order chi connectivity index (χ0) is 25.5. The van der Waals surface area contributed by atoms with Crippen molar-refractivity contribution in [3.63, 3.8) is 0 Å². The summed E-state index contributed by atoms with van der Waals surface area (Å²) in [7, 11) is 3.42. The summed E-state index contributed by atoms with van der Waals surface area (Å²) in [6, 6.07) is 6.09. The van der Waals surface area contributed by atoms with Gasteiger partial charge in [0, 0.05) is 49.6 Å². The van der Waals surface area contributed by atoms with Crippen LogP contribution in [0.4, 0.5) is 0 Å². The van der Waals surface area contributed by atoms with E-state index in [9.17, 15) is 14.4 Å². The first-order chi connectivity index (χ1) is 17.0. The van der Waals surface area contributed by atoms with Gasteiger partial charge in [0.25, 0.3) is 0 Å². The Morgan fingerprint density at radius 3 is 2.66 bits per heavy atom. The number of likely N-dealkylation sites (N-methyl/N-ethyl adjacent to an activating group) is 2. The molecule has 1 atom stereocenters. The number of carbonyl (C=O) groups is 3. The molecule has 0 heterocycles. The van der Waals surface area contributed by atoms with Crippen LogP contribution in [-0.4, -0.2) is 62.1 Å². The maximum absolute atomic E-state index is 12.3. The summed E-state index contributed by atoms with van der Waals surface area (Å²) in [5, 5.41) is 6.32. The number of hydrogen-bond donors (Lipinski definition) is 3. The number of aldehydes is 2. The summed E-state index contributed by atoms with van der Waals surface area (Å²) in [5.41, 5.74) is 8.17. The average Bonchev–Trinajstić information content (AvgIpc) is 2.87. The van der Waals surface area contributed by atoms with Crippen LogP contribution in [0.1, 0.15) is 85.7 Å². The van der Waals surface area contributed by atoms with E-state index in [1.165, 1.54) is 12.8 Å². The molecule has 1 fully saturated rings. The standard InChI is InChI=1S/C28H42N4O3/c1-30-28(35)27(13-9-19-33)32(2)20-26-22(11-8-12-23(26)21-34)10-6-4-3-5-7-18-31-25-16-14-24(29)15-17-25/h8,11-12,19,21,24-25,27,31H,3-5,7,9,13-18,20,29H2,1-2H3,(H,30,35)/t24-,25+,27?. The van der Waals surface area contributed by atoms with Crippen LogP contribution < -0.4 is 16.4 Å². The van der Waals surface area contributed by atoms with E-state index in [1.54, 1.807) is 13.1 Å². The van der Waals surface area contributed by atoms with Gasteiger partial charge in [0.05, 0.1) is 6.04 Å². The molecule has 0 saturated heterocycles. The number of carbonyl (C=O) groups excluding carboxylic acids is 3. The quantitative estimate of drug-likeness (QED) is 0.214. The van der Waals surface area contributed by atoms with Gasteiger partial charge in [-0.05, 0) is 70.2 Å². The van der Waals surface area contributed by atoms with Crippen LogP contribution >= 0.6 is 0 Å². The van der Waals surface area contributed by atoms with Crippen LogP contribution in [0.3, 0.4) is 0 Å². The third-order valence-electron chi connectivity index (χ3n) is 6.79. The molecule has 35 heavy (non-hydrogen) atoms. The molecule has 2 rings (SSSR count). The number of unbranched alkanes of at least 4 members (excludes halogenated alkanes) is 3. The molecule has 1 aromatic carbocycles. The zero-order valence-corrected chi connectivity index (χ0v) is 21.4. The van der Waals surface area contributed by atoms with E-state index < -0.39 is 6.04 Å². The smallest absolute Gasteiger partial charge is 0.237 e. The van der Waals surface area contributed by atoms with Gasteiger partial charge in [0.2, 0.25) is 5.91 Å². The predicted octanol–water partition coefficient (Wildman–Crippen LogP) is 2.80. The van der Waals surface area contributed by atoms with Crippen LogP contribution in [0.15, 0.2) is 18.2 Å². The molecule has 0 aromatic heterocycles. The minimum Gasteiger partial charge on any atom is -0.358 e. The molecule has 0 bridgehead atoms. The SMILES string of the molecule is CNC(=O)C(CCC=O)N(C)Cc1c(C#CCCCCCN[C@H]2CC[C@@H](N)CC2)cccc1C=O. The van der Waals surface area contributed by atoms with E-state index in [4.69, 9.17) is 5.73 Å². The van der Waals surface area contributed by atoms with Crippen molar-refractivity contribution in [1.82, 2.24) is 15.5 Å². The molecule has 1 aliphatic rings. The van der Waals surface area contributed by atoms with Crippen LogP contribution in [0.25, 0.3) is 0 Å². The maximum atomic E-state index is 12.3. The van der Waals surface area contributed by atoms with Crippen LogP contribution in [0.2, 0.25) is 0 Å². The topological polar surface area (TPSA) is 105 Å². The molecule has 1 saturated carbocycles. The summed E-state index contributed by atoms with van der Waals surface area (Å²) in [4.78, 5) is 36.8. The van der Waals surface area contributed by atoms with Gasteiger partial charge in [-0.25, -0.2) is 0 Å². The molecule has 7 heteroatoms. The molecule has 0 aliphatic heterocycles. The van der Waals surface area contributed by atoms with Crippen LogP contribution in [-0.2, 0) is 16.1 Å². The van der Waals surface area contributed by atoms with Gasteiger partial charge in [-0.1, -0.05) is 30.4 Å². The van der Waals surface area contributed by atoms with Crippen molar-refractivity contribution in [1.29, 1.82) is 0 Å². The van der Waals surface area contributed by atoms with Crippen molar-refractivity contribution in [2.45, 2.75) is 88.9 Å². The number of nitrogens with zero attached hydrogens (tertiary/aromatic N) is 1. The van der Waals surface area contributed by atoms with Crippen molar-refractivity contribution < 1.29 is 14.4 Å². The van der Waals surface area contributed by atoms with Crippen molar-refractivity contribution in [3.8, 4) is 11.8 Å². The van der Waals surface area contributed by atoms with Gasteiger partial charge in [-0.15, -0.1) is 0 Å².